The molecule has 6 heterocycles. The summed E-state index contributed by atoms with van der Waals surface area (Å²) in [6, 6.07) is 17.8. The van der Waals surface area contributed by atoms with E-state index in [0.29, 0.717) is 81.8 Å². The van der Waals surface area contributed by atoms with Crippen LogP contribution in [0.15, 0.2) is 110 Å². The van der Waals surface area contributed by atoms with E-state index in [-0.39, 0.29) is 11.6 Å². The van der Waals surface area contributed by atoms with Crippen LogP contribution >= 0.6 is 0 Å². The Morgan fingerprint density at radius 3 is 1.14 bits per heavy atom. The number of rotatable bonds is 22. The van der Waals surface area contributed by atoms with Crippen molar-refractivity contribution in [1.29, 1.82) is 0 Å². The van der Waals surface area contributed by atoms with E-state index in [4.69, 9.17) is 28.4 Å². The van der Waals surface area contributed by atoms with Gasteiger partial charge in [-0.15, -0.1) is 20.4 Å². The Hall–Kier alpha value is -7.80. The van der Waals surface area contributed by atoms with Gasteiger partial charge >= 0.3 is 0 Å². The lowest BCUT2D eigenvalue weighted by molar-refractivity contribution is 0.0585. The number of para-hydroxylation sites is 2. The topological polar surface area (TPSA) is 262 Å². The van der Waals surface area contributed by atoms with E-state index in [0.717, 1.165) is 11.4 Å². The van der Waals surface area contributed by atoms with Gasteiger partial charge in [0.05, 0.1) is 74.1 Å². The zero-order valence-corrected chi connectivity index (χ0v) is 45.4. The van der Waals surface area contributed by atoms with Crippen molar-refractivity contribution in [2.75, 3.05) is 41.7 Å². The van der Waals surface area contributed by atoms with Gasteiger partial charge in [0.15, 0.2) is 43.0 Å². The maximum absolute atomic E-state index is 13.8. The SMILES string of the molecule is CCO[C@@H](c1cnc(C)cn1)[C@@H](C)S(=O)(=O)Cc1nnc(-c2cccnc2)n1-c1c(OC)cccc1OC.CCO[C@H](c1cnc(C)cn1)[C@H](C)S(=O)(=O)Cc1nnc(-c2cccnc2)n1-c1c(OC)cccc1OC. The van der Waals surface area contributed by atoms with Crippen molar-refractivity contribution in [1.82, 2.24) is 59.4 Å². The fourth-order valence-corrected chi connectivity index (χ4v) is 10.9. The number of pyridine rings is 2. The van der Waals surface area contributed by atoms with Crippen LogP contribution in [0.2, 0.25) is 0 Å². The van der Waals surface area contributed by atoms with Crippen molar-refractivity contribution in [3.05, 3.63) is 145 Å². The molecule has 0 fully saturated rings. The van der Waals surface area contributed by atoms with E-state index < -0.39 is 53.9 Å². The molecule has 8 rings (SSSR count). The van der Waals surface area contributed by atoms with Crippen LogP contribution in [0, 0.1) is 13.8 Å². The number of nitrogens with zero attached hydrogens (tertiary/aromatic N) is 12. The van der Waals surface area contributed by atoms with Crippen LogP contribution in [0.25, 0.3) is 34.2 Å². The molecule has 0 unspecified atom stereocenters. The van der Waals surface area contributed by atoms with E-state index in [1.54, 1.807) is 135 Å². The highest BCUT2D eigenvalue weighted by Gasteiger charge is 2.37. The lowest BCUT2D eigenvalue weighted by Crippen LogP contribution is -2.30. The van der Waals surface area contributed by atoms with Crippen LogP contribution < -0.4 is 18.9 Å². The summed E-state index contributed by atoms with van der Waals surface area (Å²) in [4.78, 5) is 25.6. The van der Waals surface area contributed by atoms with E-state index in [1.807, 2.05) is 26.0 Å². The predicted octanol–water partition coefficient (Wildman–Crippen LogP) is 7.05. The molecule has 4 atom stereocenters. The van der Waals surface area contributed by atoms with Gasteiger partial charge in [-0.2, -0.15) is 0 Å². The summed E-state index contributed by atoms with van der Waals surface area (Å²) in [6.07, 6.45) is 11.2. The minimum Gasteiger partial charge on any atom is -0.494 e. The number of ether oxygens (including phenoxy) is 6. The summed E-state index contributed by atoms with van der Waals surface area (Å²) in [5, 5.41) is 15.4. The van der Waals surface area contributed by atoms with Crippen LogP contribution in [-0.4, -0.2) is 128 Å². The Morgan fingerprint density at radius 1 is 0.487 bits per heavy atom. The van der Waals surface area contributed by atoms with Gasteiger partial charge in [0.25, 0.3) is 0 Å². The zero-order valence-electron chi connectivity index (χ0n) is 43.8. The smallest absolute Gasteiger partial charge is 0.170 e. The molecule has 0 bridgehead atoms. The quantitative estimate of drug-likeness (QED) is 0.0658. The number of hydrogen-bond acceptors (Lipinski definition) is 20. The first-order valence-corrected chi connectivity index (χ1v) is 27.4. The van der Waals surface area contributed by atoms with Crippen molar-refractivity contribution in [2.24, 2.45) is 0 Å². The van der Waals surface area contributed by atoms with Crippen LogP contribution in [0.1, 0.15) is 74.3 Å². The first-order chi connectivity index (χ1) is 36.6. The average Bonchev–Trinajstić information content (AvgIpc) is 4.06. The van der Waals surface area contributed by atoms with Gasteiger partial charge in [-0.1, -0.05) is 12.1 Å². The molecule has 0 amide bonds. The molecule has 24 heteroatoms. The van der Waals surface area contributed by atoms with Crippen molar-refractivity contribution in [3.63, 3.8) is 0 Å². The number of aryl methyl sites for hydroxylation is 2. The first-order valence-electron chi connectivity index (χ1n) is 24.0. The second-order valence-corrected chi connectivity index (χ2v) is 21.7. The molecule has 0 radical (unpaired) electrons. The molecule has 0 saturated carbocycles. The fourth-order valence-electron chi connectivity index (χ4n) is 8.14. The van der Waals surface area contributed by atoms with E-state index in [1.165, 1.54) is 28.4 Å². The van der Waals surface area contributed by atoms with E-state index >= 15 is 0 Å². The number of benzene rings is 2. The number of sulfone groups is 2. The molecule has 0 N–H and O–H groups in total. The van der Waals surface area contributed by atoms with E-state index in [9.17, 15) is 16.8 Å². The third kappa shape index (κ3) is 12.5. The molecule has 76 heavy (non-hydrogen) atoms. The van der Waals surface area contributed by atoms with Crippen molar-refractivity contribution in [3.8, 4) is 57.1 Å². The molecule has 22 nitrogen and oxygen atoms in total. The standard InChI is InChI=1S/2C26H30N6O5S/c2*1-6-37-25(20-15-28-17(2)13-29-20)18(3)38(33,34)16-23-30-31-26(19-9-8-12-27-14-19)32(23)24-21(35-4)10-7-11-22(24)36-5/h2*7-15,18,25H,6,16H2,1-5H3/t2*18-,25-/m10/s1. The Bertz CT molecular complexity index is 3130. The largest absolute Gasteiger partial charge is 0.494 e. The predicted molar refractivity (Wildman–Crippen MR) is 282 cm³/mol. The summed E-state index contributed by atoms with van der Waals surface area (Å²) in [6.45, 7) is 11.0. The van der Waals surface area contributed by atoms with Gasteiger partial charge in [-0.05, 0) is 90.1 Å². The summed E-state index contributed by atoms with van der Waals surface area (Å²) < 4.78 is 92.7. The zero-order chi connectivity index (χ0) is 54.6. The highest BCUT2D eigenvalue weighted by molar-refractivity contribution is 7.91. The monoisotopic (exact) mass is 1080 g/mol. The van der Waals surface area contributed by atoms with Crippen LogP contribution in [0.3, 0.4) is 0 Å². The average molecular weight is 1080 g/mol. The molecule has 400 valence electrons. The molecule has 0 aliphatic rings. The summed E-state index contributed by atoms with van der Waals surface area (Å²) >= 11 is 0. The van der Waals surface area contributed by atoms with Crippen molar-refractivity contribution in [2.45, 2.75) is 75.8 Å². The Balaban J connectivity index is 0.000000221. The third-order valence-corrected chi connectivity index (χ3v) is 16.2. The van der Waals surface area contributed by atoms with Crippen molar-refractivity contribution < 1.29 is 45.3 Å². The molecule has 6 aromatic heterocycles. The normalized spacial score (nSPS) is 13.2. The number of methoxy groups -OCH3 is 4. The minimum atomic E-state index is -3.84. The third-order valence-electron chi connectivity index (χ3n) is 12.1. The fraction of sp³-hybridized carbons (Fsp3) is 0.346. The number of hydrogen-bond donors (Lipinski definition) is 0. The van der Waals surface area contributed by atoms with Crippen molar-refractivity contribution >= 4 is 19.7 Å². The van der Waals surface area contributed by atoms with Gasteiger partial charge in [0, 0.05) is 61.5 Å². The number of aromatic nitrogens is 12. The Kier molecular flexibility index (Phi) is 18.5. The summed E-state index contributed by atoms with van der Waals surface area (Å²) in [5.74, 6) is 2.15. The highest BCUT2D eigenvalue weighted by atomic mass is 32.2. The lowest BCUT2D eigenvalue weighted by Gasteiger charge is -2.23. The highest BCUT2D eigenvalue weighted by Crippen LogP contribution is 2.39. The van der Waals surface area contributed by atoms with Gasteiger partial charge in [-0.25, -0.2) is 16.8 Å². The Morgan fingerprint density at radius 2 is 0.855 bits per heavy atom. The molecule has 0 aliphatic heterocycles. The van der Waals surface area contributed by atoms with Gasteiger partial charge < -0.3 is 28.4 Å². The lowest BCUT2D eigenvalue weighted by atomic mass is 10.2. The summed E-state index contributed by atoms with van der Waals surface area (Å²) in [7, 11) is -1.58. The molecule has 0 spiro atoms. The van der Waals surface area contributed by atoms with Gasteiger partial charge in [0.1, 0.15) is 58.1 Å². The van der Waals surface area contributed by atoms with Crippen LogP contribution in [0.4, 0.5) is 0 Å². The maximum Gasteiger partial charge on any atom is 0.170 e. The summed E-state index contributed by atoms with van der Waals surface area (Å²) in [5.41, 5.74) is 4.57. The van der Waals surface area contributed by atoms with Crippen LogP contribution in [0.5, 0.6) is 23.0 Å². The maximum atomic E-state index is 13.8. The van der Waals surface area contributed by atoms with Crippen LogP contribution in [-0.2, 0) is 40.7 Å². The molecule has 2 aromatic carbocycles. The molecular weight excluding hydrogens is 1020 g/mol. The Labute approximate surface area is 441 Å². The van der Waals surface area contributed by atoms with Gasteiger partial charge in [0.2, 0.25) is 0 Å². The minimum absolute atomic E-state index is 0.184. The van der Waals surface area contributed by atoms with E-state index in [2.05, 4.69) is 50.3 Å². The molecule has 0 aliphatic carbocycles. The first kappa shape index (κ1) is 55.9. The molecule has 8 aromatic rings. The van der Waals surface area contributed by atoms with Gasteiger partial charge in [-0.3, -0.25) is 39.0 Å². The molecule has 0 saturated heterocycles. The molecular formula is C52H60N12O10S2. The second-order valence-electron chi connectivity index (χ2n) is 17.0. The second kappa shape index (κ2) is 25.2.